The molecule has 0 radical (unpaired) electrons. The van der Waals surface area contributed by atoms with Crippen molar-refractivity contribution in [2.24, 2.45) is 11.8 Å². The number of rotatable bonds is 4. The molecule has 8 nitrogen and oxygen atoms in total. The first-order valence-corrected chi connectivity index (χ1v) is 12.5. The van der Waals surface area contributed by atoms with Crippen LogP contribution in [0.15, 0.2) is 53.3 Å². The number of benzene rings is 1. The molecule has 4 aliphatic heterocycles. The quantitative estimate of drug-likeness (QED) is 0.358. The lowest BCUT2D eigenvalue weighted by molar-refractivity contribution is -0.159. The van der Waals surface area contributed by atoms with Gasteiger partial charge in [-0.05, 0) is 69.6 Å². The number of ketones is 2. The maximum Gasteiger partial charge on any atom is 0.309 e. The van der Waals surface area contributed by atoms with Gasteiger partial charge in [-0.1, -0.05) is 18.2 Å². The van der Waals surface area contributed by atoms with Crippen LogP contribution in [-0.4, -0.2) is 47.9 Å². The van der Waals surface area contributed by atoms with Crippen LogP contribution in [0.3, 0.4) is 0 Å². The Labute approximate surface area is 208 Å². The standard InChI is InChI=1S/C28H28O8/c29-15-19-14-23(31)28(16-30,36-22-4-2-1-3-5-22)26-24(19)25(32)17-6-8-18(9-7-17)27(33)35-21-12-10-20(34-26)11-13-21/h1-5,14-18,20-21H,6-13H2. The summed E-state index contributed by atoms with van der Waals surface area (Å²) >= 11 is 0. The average Bonchev–Trinajstić information content (AvgIpc) is 2.91. The third kappa shape index (κ3) is 4.29. The molecule has 8 heteroatoms. The molecule has 0 N–H and O–H groups in total. The number of esters is 1. The van der Waals surface area contributed by atoms with E-state index in [0.29, 0.717) is 63.9 Å². The molecule has 7 aliphatic rings. The van der Waals surface area contributed by atoms with Gasteiger partial charge in [-0.3, -0.25) is 24.0 Å². The molecule has 0 amide bonds. The van der Waals surface area contributed by atoms with Crippen LogP contribution in [0.2, 0.25) is 0 Å². The lowest BCUT2D eigenvalue weighted by Crippen LogP contribution is -2.52. The van der Waals surface area contributed by atoms with Gasteiger partial charge in [0.05, 0.1) is 17.6 Å². The summed E-state index contributed by atoms with van der Waals surface area (Å²) in [5, 5.41) is 0. The van der Waals surface area contributed by atoms with Crippen LogP contribution >= 0.6 is 0 Å². The summed E-state index contributed by atoms with van der Waals surface area (Å²) in [7, 11) is 0. The lowest BCUT2D eigenvalue weighted by Gasteiger charge is -2.39. The Morgan fingerprint density at radius 3 is 2.03 bits per heavy atom. The minimum atomic E-state index is -2.23. The van der Waals surface area contributed by atoms with Crippen LogP contribution in [0.1, 0.15) is 51.4 Å². The summed E-state index contributed by atoms with van der Waals surface area (Å²) in [5.74, 6) is -2.07. The van der Waals surface area contributed by atoms with Crippen molar-refractivity contribution in [1.82, 2.24) is 0 Å². The van der Waals surface area contributed by atoms with Crippen molar-refractivity contribution < 1.29 is 38.2 Å². The average molecular weight is 493 g/mol. The number of ether oxygens (including phenoxy) is 3. The Kier molecular flexibility index (Phi) is 6.60. The summed E-state index contributed by atoms with van der Waals surface area (Å²) in [6.07, 6.45) is 5.09. The Morgan fingerprint density at radius 1 is 0.806 bits per heavy atom. The summed E-state index contributed by atoms with van der Waals surface area (Å²) in [6.45, 7) is 0. The SMILES string of the molecule is O=CC1=CC(=O)C(C=O)(Oc2ccccc2)C2=C1C(=O)C1CCC(CC1)C(=O)OC1CCC(CC1)O2. The Bertz CT molecular complexity index is 1130. The van der Waals surface area contributed by atoms with Gasteiger partial charge in [0, 0.05) is 11.5 Å². The van der Waals surface area contributed by atoms with E-state index in [1.807, 2.05) is 0 Å². The first-order chi connectivity index (χ1) is 17.4. The minimum Gasteiger partial charge on any atom is -0.489 e. The van der Waals surface area contributed by atoms with Crippen molar-refractivity contribution in [2.45, 2.75) is 69.2 Å². The van der Waals surface area contributed by atoms with E-state index in [4.69, 9.17) is 14.2 Å². The number of hydrogen-bond donors (Lipinski definition) is 0. The molecular weight excluding hydrogens is 464 g/mol. The van der Waals surface area contributed by atoms with Crippen molar-refractivity contribution in [3.05, 3.63) is 53.3 Å². The predicted molar refractivity (Wildman–Crippen MR) is 126 cm³/mol. The van der Waals surface area contributed by atoms with Crippen LogP contribution < -0.4 is 4.74 Å². The molecule has 1 atom stereocenters. The van der Waals surface area contributed by atoms with Crippen molar-refractivity contribution in [1.29, 1.82) is 0 Å². The number of Topliss-reactive ketones (excluding diaryl/α,β-unsaturated/α-hetero) is 1. The number of carbonyl (C=O) groups excluding carboxylic acids is 5. The first kappa shape index (κ1) is 24.2. The number of hydrogen-bond acceptors (Lipinski definition) is 8. The summed E-state index contributed by atoms with van der Waals surface area (Å²) in [4.78, 5) is 64.7. The Morgan fingerprint density at radius 2 is 1.42 bits per heavy atom. The summed E-state index contributed by atoms with van der Waals surface area (Å²) in [6, 6.07) is 8.36. The smallest absolute Gasteiger partial charge is 0.309 e. The minimum absolute atomic E-state index is 0.0714. The van der Waals surface area contributed by atoms with Crippen LogP contribution in [0.5, 0.6) is 5.75 Å². The molecule has 1 aromatic carbocycles. The Hall–Kier alpha value is -3.55. The van der Waals surface area contributed by atoms with Crippen LogP contribution in [-0.2, 0) is 33.4 Å². The van der Waals surface area contributed by atoms with Crippen LogP contribution in [0.25, 0.3) is 0 Å². The zero-order valence-corrected chi connectivity index (χ0v) is 19.9. The Balaban J connectivity index is 1.65. The molecule has 1 unspecified atom stereocenters. The van der Waals surface area contributed by atoms with Crippen molar-refractivity contribution in [3.8, 4) is 5.75 Å². The van der Waals surface area contributed by atoms with Gasteiger partial charge in [-0.25, -0.2) is 0 Å². The van der Waals surface area contributed by atoms with Gasteiger partial charge >= 0.3 is 5.97 Å². The molecule has 2 saturated carbocycles. The largest absolute Gasteiger partial charge is 0.489 e. The van der Waals surface area contributed by atoms with Crippen LogP contribution in [0, 0.1) is 11.8 Å². The van der Waals surface area contributed by atoms with Crippen molar-refractivity contribution in [3.63, 3.8) is 0 Å². The maximum absolute atomic E-state index is 13.9. The van der Waals surface area contributed by atoms with Gasteiger partial charge in [-0.15, -0.1) is 0 Å². The van der Waals surface area contributed by atoms with E-state index in [-0.39, 0.29) is 46.4 Å². The number of allylic oxidation sites excluding steroid dienone is 2. The molecule has 188 valence electrons. The highest BCUT2D eigenvalue weighted by Crippen LogP contribution is 2.41. The third-order valence-electron chi connectivity index (χ3n) is 7.69. The van der Waals surface area contributed by atoms with Gasteiger partial charge in [0.15, 0.2) is 24.1 Å². The molecule has 36 heavy (non-hydrogen) atoms. The molecular formula is C28H28O8. The zero-order valence-electron chi connectivity index (χ0n) is 19.9. The first-order valence-electron chi connectivity index (χ1n) is 12.5. The fraction of sp³-hybridized carbons (Fsp3) is 0.464. The third-order valence-corrected chi connectivity index (χ3v) is 7.69. The van der Waals surface area contributed by atoms with Crippen molar-refractivity contribution in [2.75, 3.05) is 0 Å². The number of carbonyl (C=O) groups is 5. The highest BCUT2D eigenvalue weighted by Gasteiger charge is 2.53. The van der Waals surface area contributed by atoms with Crippen molar-refractivity contribution >= 4 is 30.1 Å². The zero-order chi connectivity index (χ0) is 25.3. The highest BCUT2D eigenvalue weighted by atomic mass is 16.6. The van der Waals surface area contributed by atoms with Gasteiger partial charge in [-0.2, -0.15) is 0 Å². The molecule has 0 spiro atoms. The van der Waals surface area contributed by atoms with E-state index in [1.54, 1.807) is 30.3 Å². The van der Waals surface area contributed by atoms with E-state index < -0.39 is 23.4 Å². The number of para-hydroxylation sites is 1. The monoisotopic (exact) mass is 492 g/mol. The van der Waals surface area contributed by atoms with E-state index >= 15 is 0 Å². The molecule has 0 aromatic heterocycles. The van der Waals surface area contributed by atoms with Gasteiger partial charge in [0.25, 0.3) is 5.60 Å². The molecule has 1 aromatic rings. The van der Waals surface area contributed by atoms with Gasteiger partial charge < -0.3 is 14.2 Å². The fourth-order valence-corrected chi connectivity index (χ4v) is 5.64. The van der Waals surface area contributed by atoms with Gasteiger partial charge in [0.2, 0.25) is 5.78 Å². The number of aldehydes is 2. The van der Waals surface area contributed by atoms with E-state index in [2.05, 4.69) is 0 Å². The van der Waals surface area contributed by atoms with Gasteiger partial charge in [0.1, 0.15) is 11.9 Å². The highest BCUT2D eigenvalue weighted by molar-refractivity contribution is 6.21. The van der Waals surface area contributed by atoms with E-state index in [0.717, 1.165) is 6.08 Å². The maximum atomic E-state index is 13.9. The molecule has 8 rings (SSSR count). The predicted octanol–water partition coefficient (Wildman–Crippen LogP) is 3.23. The lowest BCUT2D eigenvalue weighted by atomic mass is 9.74. The molecule has 4 bridgehead atoms. The second-order valence-electron chi connectivity index (χ2n) is 9.92. The molecule has 4 heterocycles. The second kappa shape index (κ2) is 9.84. The molecule has 3 aliphatic carbocycles. The summed E-state index contributed by atoms with van der Waals surface area (Å²) < 4.78 is 18.1. The normalized spacial score (nSPS) is 32.6. The van der Waals surface area contributed by atoms with E-state index in [1.165, 1.54) is 0 Å². The van der Waals surface area contributed by atoms with E-state index in [9.17, 15) is 24.0 Å². The topological polar surface area (TPSA) is 113 Å². The van der Waals surface area contributed by atoms with Crippen LogP contribution in [0.4, 0.5) is 0 Å². The second-order valence-corrected chi connectivity index (χ2v) is 9.92. The molecule has 0 saturated heterocycles. The summed E-state index contributed by atoms with van der Waals surface area (Å²) in [5.41, 5.74) is -2.41. The molecule has 2 fully saturated rings. The fourth-order valence-electron chi connectivity index (χ4n) is 5.64.